The molecule has 1 aliphatic rings. The van der Waals surface area contributed by atoms with Crippen LogP contribution in [0, 0.1) is 11.8 Å². The zero-order valence-corrected chi connectivity index (χ0v) is 6.84. The molecule has 0 aliphatic carbocycles. The van der Waals surface area contributed by atoms with Crippen molar-refractivity contribution in [3.63, 3.8) is 0 Å². The van der Waals surface area contributed by atoms with Crippen LogP contribution in [0.3, 0.4) is 0 Å². The van der Waals surface area contributed by atoms with E-state index in [1.807, 2.05) is 0 Å². The molecule has 1 atom stereocenters. The van der Waals surface area contributed by atoms with Gasteiger partial charge in [0.25, 0.3) is 0 Å². The SMILES string of the molecule is ClC[C@H]1CO1.OCC#CCO. The van der Waals surface area contributed by atoms with Crippen LogP contribution in [0.25, 0.3) is 0 Å². The maximum atomic E-state index is 7.91. The van der Waals surface area contributed by atoms with Gasteiger partial charge in [-0.1, -0.05) is 11.8 Å². The summed E-state index contributed by atoms with van der Waals surface area (Å²) in [6.45, 7) is 0.546. The second kappa shape index (κ2) is 7.83. The van der Waals surface area contributed by atoms with Crippen LogP contribution >= 0.6 is 11.6 Å². The quantitative estimate of drug-likeness (QED) is 0.326. The predicted octanol–water partition coefficient (Wildman–Crippen LogP) is -0.402. The van der Waals surface area contributed by atoms with Crippen molar-refractivity contribution in [1.29, 1.82) is 0 Å². The van der Waals surface area contributed by atoms with Gasteiger partial charge in [0.1, 0.15) is 13.2 Å². The first-order chi connectivity index (χ1) is 5.35. The molecule has 0 aromatic carbocycles. The summed E-state index contributed by atoms with van der Waals surface area (Å²) in [6.07, 6.45) is 0.400. The molecule has 0 aromatic heterocycles. The average Bonchev–Trinajstić information content (AvgIpc) is 2.84. The van der Waals surface area contributed by atoms with Crippen LogP contribution < -0.4 is 0 Å². The lowest BCUT2D eigenvalue weighted by molar-refractivity contribution is 0.342. The molecule has 0 saturated carbocycles. The smallest absolute Gasteiger partial charge is 0.104 e. The predicted molar refractivity (Wildman–Crippen MR) is 42.4 cm³/mol. The Labute approximate surface area is 70.9 Å². The van der Waals surface area contributed by atoms with Gasteiger partial charge < -0.3 is 14.9 Å². The fourth-order valence-electron chi connectivity index (χ4n) is 0.269. The molecule has 1 aliphatic heterocycles. The Balaban J connectivity index is 0.000000183. The fraction of sp³-hybridized carbons (Fsp3) is 0.714. The summed E-state index contributed by atoms with van der Waals surface area (Å²) in [7, 11) is 0. The molecule has 1 fully saturated rings. The number of rotatable bonds is 1. The van der Waals surface area contributed by atoms with Crippen molar-refractivity contribution in [2.75, 3.05) is 25.7 Å². The second-order valence-electron chi connectivity index (χ2n) is 1.78. The van der Waals surface area contributed by atoms with Crippen molar-refractivity contribution < 1.29 is 14.9 Å². The van der Waals surface area contributed by atoms with Crippen molar-refractivity contribution in [3.05, 3.63) is 0 Å². The number of aliphatic hydroxyl groups excluding tert-OH is 2. The molecule has 0 amide bonds. The van der Waals surface area contributed by atoms with E-state index in [0.717, 1.165) is 6.61 Å². The van der Waals surface area contributed by atoms with Gasteiger partial charge >= 0.3 is 0 Å². The first-order valence-corrected chi connectivity index (χ1v) is 3.73. The van der Waals surface area contributed by atoms with E-state index in [1.54, 1.807) is 0 Å². The normalized spacial score (nSPS) is 19.0. The molecule has 1 saturated heterocycles. The summed E-state index contributed by atoms with van der Waals surface area (Å²) in [5, 5.41) is 15.8. The van der Waals surface area contributed by atoms with E-state index in [2.05, 4.69) is 11.8 Å². The molecule has 3 nitrogen and oxygen atoms in total. The van der Waals surface area contributed by atoms with E-state index in [4.69, 9.17) is 26.6 Å². The molecule has 64 valence electrons. The molecule has 4 heteroatoms. The summed E-state index contributed by atoms with van der Waals surface area (Å²) in [4.78, 5) is 0. The molecule has 0 radical (unpaired) electrons. The minimum absolute atomic E-state index is 0.166. The molecular formula is C7H11ClO3. The molecule has 0 bridgehead atoms. The third-order valence-electron chi connectivity index (χ3n) is 0.858. The maximum absolute atomic E-state index is 7.91. The molecule has 1 heterocycles. The number of hydrogen-bond acceptors (Lipinski definition) is 3. The molecule has 2 N–H and O–H groups in total. The Morgan fingerprint density at radius 3 is 1.91 bits per heavy atom. The lowest BCUT2D eigenvalue weighted by Gasteiger charge is -1.67. The molecule has 11 heavy (non-hydrogen) atoms. The molecule has 0 spiro atoms. The third kappa shape index (κ3) is 9.73. The van der Waals surface area contributed by atoms with Crippen LogP contribution in [0.5, 0.6) is 0 Å². The van der Waals surface area contributed by atoms with Crippen LogP contribution in [-0.4, -0.2) is 42.0 Å². The van der Waals surface area contributed by atoms with Gasteiger partial charge in [-0.3, -0.25) is 0 Å². The molecular weight excluding hydrogens is 168 g/mol. The van der Waals surface area contributed by atoms with Crippen molar-refractivity contribution in [1.82, 2.24) is 0 Å². The molecule has 0 unspecified atom stereocenters. The Kier molecular flexibility index (Phi) is 7.64. The van der Waals surface area contributed by atoms with Crippen molar-refractivity contribution in [3.8, 4) is 11.8 Å². The fourth-order valence-corrected chi connectivity index (χ4v) is 0.447. The second-order valence-corrected chi connectivity index (χ2v) is 2.09. The van der Waals surface area contributed by atoms with E-state index in [1.165, 1.54) is 0 Å². The van der Waals surface area contributed by atoms with E-state index in [9.17, 15) is 0 Å². The van der Waals surface area contributed by atoms with Crippen molar-refractivity contribution >= 4 is 11.6 Å². The number of alkyl halides is 1. The molecule has 0 aromatic rings. The average molecular weight is 179 g/mol. The lowest BCUT2D eigenvalue weighted by Crippen LogP contribution is -1.80. The van der Waals surface area contributed by atoms with Gasteiger partial charge in [0, 0.05) is 0 Å². The number of ether oxygens (including phenoxy) is 1. The van der Waals surface area contributed by atoms with Crippen molar-refractivity contribution in [2.24, 2.45) is 0 Å². The van der Waals surface area contributed by atoms with Crippen LogP contribution in [0.15, 0.2) is 0 Å². The highest BCUT2D eigenvalue weighted by atomic mass is 35.5. The zero-order chi connectivity index (χ0) is 8.53. The van der Waals surface area contributed by atoms with Gasteiger partial charge in [-0.25, -0.2) is 0 Å². The van der Waals surface area contributed by atoms with Gasteiger partial charge in [-0.15, -0.1) is 11.6 Å². The minimum Gasteiger partial charge on any atom is -0.384 e. The Morgan fingerprint density at radius 1 is 1.36 bits per heavy atom. The number of hydrogen-bond donors (Lipinski definition) is 2. The number of halogens is 1. The van der Waals surface area contributed by atoms with Crippen LogP contribution in [-0.2, 0) is 4.74 Å². The number of epoxide rings is 1. The lowest BCUT2D eigenvalue weighted by atomic mass is 10.6. The third-order valence-corrected chi connectivity index (χ3v) is 1.20. The summed E-state index contributed by atoms with van der Waals surface area (Å²) in [5.41, 5.74) is 0. The van der Waals surface area contributed by atoms with E-state index in [-0.39, 0.29) is 13.2 Å². The maximum Gasteiger partial charge on any atom is 0.104 e. The Hall–Kier alpha value is -0.270. The standard InChI is InChI=1S/C4H6O2.C3H5ClO/c5-3-1-2-4-6;4-1-3-2-5-3/h5-6H,3-4H2;3H,1-2H2/t;3-/m.0/s1. The topological polar surface area (TPSA) is 53.0 Å². The zero-order valence-electron chi connectivity index (χ0n) is 6.09. The van der Waals surface area contributed by atoms with Gasteiger partial charge in [0.2, 0.25) is 0 Å². The molecule has 1 rings (SSSR count). The Morgan fingerprint density at radius 2 is 1.82 bits per heavy atom. The first kappa shape index (κ1) is 10.7. The van der Waals surface area contributed by atoms with Crippen LogP contribution in [0.1, 0.15) is 0 Å². The van der Waals surface area contributed by atoms with Gasteiger partial charge in [0.05, 0.1) is 18.6 Å². The minimum atomic E-state index is -0.166. The van der Waals surface area contributed by atoms with Crippen LogP contribution in [0.4, 0.5) is 0 Å². The largest absolute Gasteiger partial charge is 0.384 e. The van der Waals surface area contributed by atoms with Crippen LogP contribution in [0.2, 0.25) is 0 Å². The highest BCUT2D eigenvalue weighted by molar-refractivity contribution is 6.18. The summed E-state index contributed by atoms with van der Waals surface area (Å²) < 4.78 is 4.73. The summed E-state index contributed by atoms with van der Waals surface area (Å²) >= 11 is 5.27. The van der Waals surface area contributed by atoms with Gasteiger partial charge in [-0.05, 0) is 0 Å². The van der Waals surface area contributed by atoms with E-state index < -0.39 is 0 Å². The highest BCUT2D eigenvalue weighted by Crippen LogP contribution is 2.08. The van der Waals surface area contributed by atoms with Gasteiger partial charge in [0.15, 0.2) is 0 Å². The Bertz CT molecular complexity index is 126. The highest BCUT2D eigenvalue weighted by Gasteiger charge is 2.19. The summed E-state index contributed by atoms with van der Waals surface area (Å²) in [6, 6.07) is 0. The monoisotopic (exact) mass is 178 g/mol. The number of aliphatic hydroxyl groups is 2. The first-order valence-electron chi connectivity index (χ1n) is 3.20. The van der Waals surface area contributed by atoms with E-state index in [0.29, 0.717) is 12.0 Å². The van der Waals surface area contributed by atoms with Crippen molar-refractivity contribution in [2.45, 2.75) is 6.10 Å². The summed E-state index contributed by atoms with van der Waals surface area (Å²) in [5.74, 6) is 5.17. The van der Waals surface area contributed by atoms with Gasteiger partial charge in [-0.2, -0.15) is 0 Å². The van der Waals surface area contributed by atoms with E-state index >= 15 is 0 Å².